The van der Waals surface area contributed by atoms with Crippen molar-refractivity contribution >= 4 is 0 Å². The van der Waals surface area contributed by atoms with Gasteiger partial charge in [-0.2, -0.15) is 0 Å². The monoisotopic (exact) mass is 271 g/mol. The van der Waals surface area contributed by atoms with Crippen LogP contribution in [0.3, 0.4) is 0 Å². The summed E-state index contributed by atoms with van der Waals surface area (Å²) >= 11 is 0. The first-order valence-corrected chi connectivity index (χ1v) is 8.43. The molecule has 0 saturated heterocycles. The minimum absolute atomic E-state index is 0.153. The zero-order valence-electron chi connectivity index (χ0n) is 13.8. The summed E-state index contributed by atoms with van der Waals surface area (Å²) < 4.78 is 0. The van der Waals surface area contributed by atoms with Gasteiger partial charge in [-0.1, -0.05) is 64.7 Å². The Kier molecular flexibility index (Phi) is 11.7. The first kappa shape index (κ1) is 18.9. The van der Waals surface area contributed by atoms with Crippen LogP contribution in [0.5, 0.6) is 0 Å². The summed E-state index contributed by atoms with van der Waals surface area (Å²) in [6.07, 6.45) is 13.5. The second kappa shape index (κ2) is 11.7. The van der Waals surface area contributed by atoms with Crippen LogP contribution in [0.2, 0.25) is 0 Å². The molecular formula is C17H37NO. The lowest BCUT2D eigenvalue weighted by Gasteiger charge is -2.29. The maximum absolute atomic E-state index is 9.58. The van der Waals surface area contributed by atoms with Crippen molar-refractivity contribution in [3.63, 3.8) is 0 Å². The number of nitrogens with one attached hydrogen (secondary N) is 1. The highest BCUT2D eigenvalue weighted by molar-refractivity contribution is 4.82. The smallest absolute Gasteiger partial charge is 0.0688 e. The van der Waals surface area contributed by atoms with Gasteiger partial charge >= 0.3 is 0 Å². The average molecular weight is 271 g/mol. The molecule has 0 aromatic heterocycles. The minimum atomic E-state index is -0.296. The maximum Gasteiger partial charge on any atom is 0.0688 e. The Morgan fingerprint density at radius 1 is 0.842 bits per heavy atom. The van der Waals surface area contributed by atoms with Gasteiger partial charge in [-0.3, -0.25) is 0 Å². The first-order chi connectivity index (χ1) is 9.00. The van der Waals surface area contributed by atoms with E-state index in [4.69, 9.17) is 0 Å². The van der Waals surface area contributed by atoms with E-state index in [9.17, 15) is 5.11 Å². The molecule has 2 heteroatoms. The van der Waals surface area contributed by atoms with Gasteiger partial charge in [0.25, 0.3) is 0 Å². The Labute approximate surface area is 121 Å². The third kappa shape index (κ3) is 11.4. The lowest BCUT2D eigenvalue weighted by atomic mass is 9.98. The molecule has 0 aliphatic heterocycles. The number of aliphatic hydroxyl groups excluding tert-OH is 1. The lowest BCUT2D eigenvalue weighted by Crippen LogP contribution is -2.48. The highest BCUT2D eigenvalue weighted by atomic mass is 16.3. The molecule has 0 fully saturated rings. The van der Waals surface area contributed by atoms with E-state index in [0.717, 1.165) is 6.54 Å². The Balaban J connectivity index is 3.19. The second-order valence-corrected chi connectivity index (χ2v) is 6.51. The fourth-order valence-electron chi connectivity index (χ4n) is 2.17. The molecule has 0 spiro atoms. The van der Waals surface area contributed by atoms with E-state index in [1.165, 1.54) is 64.2 Å². The van der Waals surface area contributed by atoms with E-state index in [1.54, 1.807) is 0 Å². The summed E-state index contributed by atoms with van der Waals surface area (Å²) in [5.74, 6) is 0. The van der Waals surface area contributed by atoms with Gasteiger partial charge in [0.15, 0.2) is 0 Å². The fourth-order valence-corrected chi connectivity index (χ4v) is 2.17. The Bertz CT molecular complexity index is 190. The van der Waals surface area contributed by atoms with Crippen LogP contribution in [0.25, 0.3) is 0 Å². The SMILES string of the molecule is CCCCCCCCCCCCNC(C)(C)C(C)O. The van der Waals surface area contributed by atoms with Crippen molar-refractivity contribution in [1.29, 1.82) is 0 Å². The van der Waals surface area contributed by atoms with Crippen LogP contribution in [0.15, 0.2) is 0 Å². The molecule has 2 nitrogen and oxygen atoms in total. The molecule has 0 aromatic rings. The van der Waals surface area contributed by atoms with Gasteiger partial charge in [-0.05, 0) is 33.7 Å². The Hall–Kier alpha value is -0.0800. The lowest BCUT2D eigenvalue weighted by molar-refractivity contribution is 0.0966. The minimum Gasteiger partial charge on any atom is -0.392 e. The largest absolute Gasteiger partial charge is 0.392 e. The third-order valence-corrected chi connectivity index (χ3v) is 4.16. The van der Waals surface area contributed by atoms with Gasteiger partial charge in [0.05, 0.1) is 6.10 Å². The van der Waals surface area contributed by atoms with Crippen molar-refractivity contribution in [3.05, 3.63) is 0 Å². The summed E-state index contributed by atoms with van der Waals surface area (Å²) in [5, 5.41) is 13.0. The van der Waals surface area contributed by atoms with E-state index < -0.39 is 0 Å². The highest BCUT2D eigenvalue weighted by Crippen LogP contribution is 2.11. The van der Waals surface area contributed by atoms with Gasteiger partial charge in [0, 0.05) is 5.54 Å². The van der Waals surface area contributed by atoms with E-state index in [1.807, 2.05) is 6.92 Å². The van der Waals surface area contributed by atoms with Crippen molar-refractivity contribution in [2.45, 2.75) is 104 Å². The van der Waals surface area contributed by atoms with Gasteiger partial charge in [0.2, 0.25) is 0 Å². The number of hydrogen-bond donors (Lipinski definition) is 2. The molecule has 2 N–H and O–H groups in total. The molecule has 0 amide bonds. The fraction of sp³-hybridized carbons (Fsp3) is 1.00. The molecule has 0 aromatic carbocycles. The second-order valence-electron chi connectivity index (χ2n) is 6.51. The summed E-state index contributed by atoms with van der Waals surface area (Å²) in [5.41, 5.74) is -0.153. The van der Waals surface area contributed by atoms with Gasteiger partial charge < -0.3 is 10.4 Å². The molecule has 0 aliphatic rings. The van der Waals surface area contributed by atoms with Crippen molar-refractivity contribution < 1.29 is 5.11 Å². The zero-order valence-corrected chi connectivity index (χ0v) is 13.8. The number of rotatable bonds is 13. The van der Waals surface area contributed by atoms with Crippen LogP contribution < -0.4 is 5.32 Å². The van der Waals surface area contributed by atoms with E-state index in [2.05, 4.69) is 26.1 Å². The predicted molar refractivity (Wildman–Crippen MR) is 85.6 cm³/mol. The van der Waals surface area contributed by atoms with E-state index in [-0.39, 0.29) is 11.6 Å². The summed E-state index contributed by atoms with van der Waals surface area (Å²) in [6, 6.07) is 0. The molecular weight excluding hydrogens is 234 g/mol. The number of unbranched alkanes of at least 4 members (excludes halogenated alkanes) is 9. The Morgan fingerprint density at radius 3 is 1.68 bits per heavy atom. The van der Waals surface area contributed by atoms with Gasteiger partial charge in [-0.15, -0.1) is 0 Å². The quantitative estimate of drug-likeness (QED) is 0.478. The van der Waals surface area contributed by atoms with Crippen LogP contribution in [0.1, 0.15) is 91.9 Å². The van der Waals surface area contributed by atoms with Crippen LogP contribution in [0, 0.1) is 0 Å². The molecule has 0 radical (unpaired) electrons. The molecule has 0 rings (SSSR count). The molecule has 1 unspecified atom stereocenters. The molecule has 116 valence electrons. The summed E-state index contributed by atoms with van der Waals surface area (Å²) in [7, 11) is 0. The molecule has 0 bridgehead atoms. The van der Waals surface area contributed by atoms with Crippen molar-refractivity contribution in [3.8, 4) is 0 Å². The van der Waals surface area contributed by atoms with Crippen molar-refractivity contribution in [2.24, 2.45) is 0 Å². The highest BCUT2D eigenvalue weighted by Gasteiger charge is 2.22. The van der Waals surface area contributed by atoms with Gasteiger partial charge in [0.1, 0.15) is 0 Å². The van der Waals surface area contributed by atoms with Gasteiger partial charge in [-0.25, -0.2) is 0 Å². The number of aliphatic hydroxyl groups is 1. The average Bonchev–Trinajstić information content (AvgIpc) is 2.35. The molecule has 0 aliphatic carbocycles. The van der Waals surface area contributed by atoms with Crippen LogP contribution >= 0.6 is 0 Å². The van der Waals surface area contributed by atoms with E-state index in [0.29, 0.717) is 0 Å². The molecule has 19 heavy (non-hydrogen) atoms. The third-order valence-electron chi connectivity index (χ3n) is 4.16. The van der Waals surface area contributed by atoms with Crippen LogP contribution in [-0.2, 0) is 0 Å². The number of hydrogen-bond acceptors (Lipinski definition) is 2. The summed E-state index contributed by atoms with van der Waals surface area (Å²) in [6.45, 7) is 9.27. The van der Waals surface area contributed by atoms with Crippen LogP contribution in [0.4, 0.5) is 0 Å². The normalized spacial score (nSPS) is 13.7. The summed E-state index contributed by atoms with van der Waals surface area (Å²) in [4.78, 5) is 0. The Morgan fingerprint density at radius 2 is 1.26 bits per heavy atom. The topological polar surface area (TPSA) is 32.3 Å². The first-order valence-electron chi connectivity index (χ1n) is 8.43. The molecule has 0 saturated carbocycles. The maximum atomic E-state index is 9.58. The predicted octanol–water partition coefficient (Wildman–Crippen LogP) is 4.66. The molecule has 0 heterocycles. The van der Waals surface area contributed by atoms with Crippen LogP contribution in [-0.4, -0.2) is 23.3 Å². The molecule has 1 atom stereocenters. The van der Waals surface area contributed by atoms with Crippen molar-refractivity contribution in [1.82, 2.24) is 5.32 Å². The van der Waals surface area contributed by atoms with Crippen molar-refractivity contribution in [2.75, 3.05) is 6.54 Å². The zero-order chi connectivity index (χ0) is 14.6. The van der Waals surface area contributed by atoms with E-state index >= 15 is 0 Å². The standard InChI is InChI=1S/C17H37NO/c1-5-6-7-8-9-10-11-12-13-14-15-18-17(3,4)16(2)19/h16,18-19H,5-15H2,1-4H3.